The van der Waals surface area contributed by atoms with Crippen LogP contribution in [0.3, 0.4) is 0 Å². The van der Waals surface area contributed by atoms with Gasteiger partial charge in [0.15, 0.2) is 16.2 Å². The van der Waals surface area contributed by atoms with E-state index in [-0.39, 0.29) is 23.2 Å². The summed E-state index contributed by atoms with van der Waals surface area (Å²) in [5, 5.41) is 1.39. The fourth-order valence-electron chi connectivity index (χ4n) is 1.57. The minimum Gasteiger partial charge on any atom is -0.306 e. The van der Waals surface area contributed by atoms with E-state index in [1.807, 2.05) is 6.07 Å². The van der Waals surface area contributed by atoms with Gasteiger partial charge in [0.1, 0.15) is 10.0 Å². The van der Waals surface area contributed by atoms with Crippen molar-refractivity contribution in [2.24, 2.45) is 0 Å². The molecule has 0 saturated carbocycles. The summed E-state index contributed by atoms with van der Waals surface area (Å²) in [5.41, 5.74) is 0.813. The average Bonchev–Trinajstić information content (AvgIpc) is 2.86. The van der Waals surface area contributed by atoms with Crippen LogP contribution >= 0.6 is 22.9 Å². The molecule has 6 nitrogen and oxygen atoms in total. The molecular formula is C12H12ClN3O3S2. The number of anilines is 1. The largest absolute Gasteiger partial charge is 0.306 e. The van der Waals surface area contributed by atoms with E-state index >= 15 is 0 Å². The molecule has 0 aliphatic carbocycles. The molecule has 1 unspecified atom stereocenters. The van der Waals surface area contributed by atoms with Crippen molar-refractivity contribution in [3.05, 3.63) is 29.7 Å². The van der Waals surface area contributed by atoms with Gasteiger partial charge in [-0.25, -0.2) is 9.19 Å². The van der Waals surface area contributed by atoms with Gasteiger partial charge in [-0.2, -0.15) is 0 Å². The molecule has 21 heavy (non-hydrogen) atoms. The number of hydrogen-bond acceptors (Lipinski definition) is 5. The van der Waals surface area contributed by atoms with Gasteiger partial charge >= 0.3 is 0 Å². The number of carbonyl (C=O) groups is 1. The van der Waals surface area contributed by atoms with Crippen LogP contribution in [0.2, 0.25) is 5.15 Å². The van der Waals surface area contributed by atoms with Gasteiger partial charge in [-0.05, 0) is 12.1 Å². The van der Waals surface area contributed by atoms with E-state index in [0.717, 1.165) is 5.56 Å². The summed E-state index contributed by atoms with van der Waals surface area (Å²) in [6, 6.07) is 3.64. The van der Waals surface area contributed by atoms with E-state index in [2.05, 4.69) is 9.97 Å². The van der Waals surface area contributed by atoms with Crippen molar-refractivity contribution in [1.29, 1.82) is 0 Å². The van der Waals surface area contributed by atoms with Crippen LogP contribution in [0.25, 0.3) is 10.6 Å². The summed E-state index contributed by atoms with van der Waals surface area (Å²) in [6.45, 7) is 0. The van der Waals surface area contributed by atoms with Crippen LogP contribution in [-0.4, -0.2) is 37.4 Å². The zero-order chi connectivity index (χ0) is 15.4. The first kappa shape index (κ1) is 16.0. The highest BCUT2D eigenvalue weighted by molar-refractivity contribution is 7.79. The summed E-state index contributed by atoms with van der Waals surface area (Å²) in [4.78, 5) is 21.5. The van der Waals surface area contributed by atoms with E-state index in [9.17, 15) is 9.00 Å². The Balaban J connectivity index is 2.19. The van der Waals surface area contributed by atoms with Crippen LogP contribution < -0.4 is 4.90 Å². The second-order valence-corrected chi connectivity index (χ2v) is 6.47. The molecule has 0 fully saturated rings. The normalized spacial score (nSPS) is 12.1. The number of rotatable bonds is 5. The highest BCUT2D eigenvalue weighted by Crippen LogP contribution is 2.37. The van der Waals surface area contributed by atoms with Crippen LogP contribution in [0, 0.1) is 0 Å². The summed E-state index contributed by atoms with van der Waals surface area (Å²) < 4.78 is 19.3. The lowest BCUT2D eigenvalue weighted by molar-refractivity contribution is -0.117. The van der Waals surface area contributed by atoms with Gasteiger partial charge in [0.25, 0.3) is 0 Å². The molecule has 1 N–H and O–H groups in total. The van der Waals surface area contributed by atoms with Crippen molar-refractivity contribution in [1.82, 2.24) is 9.97 Å². The number of carbonyl (C=O) groups excluding carboxylic acids is 1. The average molecular weight is 346 g/mol. The Morgan fingerprint density at radius 2 is 2.33 bits per heavy atom. The smallest absolute Gasteiger partial charge is 0.228 e. The number of amides is 1. The second-order valence-electron chi connectivity index (χ2n) is 4.09. The first-order chi connectivity index (χ1) is 9.99. The molecule has 0 spiro atoms. The van der Waals surface area contributed by atoms with Gasteiger partial charge in [0.05, 0.1) is 5.75 Å². The van der Waals surface area contributed by atoms with Crippen molar-refractivity contribution >= 4 is 44.9 Å². The predicted octanol–water partition coefficient (Wildman–Crippen LogP) is 2.43. The Labute approximate surface area is 133 Å². The molecule has 1 atom stereocenters. The number of hydrogen-bond donors (Lipinski definition) is 1. The molecule has 2 aromatic heterocycles. The standard InChI is InChI=1S/C12H12ClN3O3S2/c1-16(9(17)4-6-21(18)19)12-10(13)15-11(20-12)8-3-2-5-14-7-8/h2-3,5,7H,4,6H2,1H3,(H,18,19). The molecule has 112 valence electrons. The molecule has 2 aromatic rings. The molecule has 0 bridgehead atoms. The number of halogens is 1. The lowest BCUT2D eigenvalue weighted by Gasteiger charge is -2.14. The van der Waals surface area contributed by atoms with Gasteiger partial charge in [-0.3, -0.25) is 9.78 Å². The molecule has 0 aromatic carbocycles. The Hall–Kier alpha value is -1.35. The van der Waals surface area contributed by atoms with Crippen LogP contribution in [0.1, 0.15) is 6.42 Å². The van der Waals surface area contributed by atoms with E-state index < -0.39 is 11.1 Å². The Morgan fingerprint density at radius 3 is 2.95 bits per heavy atom. The van der Waals surface area contributed by atoms with Crippen molar-refractivity contribution in [2.75, 3.05) is 17.7 Å². The first-order valence-corrected chi connectivity index (χ1v) is 8.37. The monoisotopic (exact) mass is 345 g/mol. The quantitative estimate of drug-likeness (QED) is 0.841. The first-order valence-electron chi connectivity index (χ1n) is 5.89. The predicted molar refractivity (Wildman–Crippen MR) is 84.0 cm³/mol. The molecule has 2 heterocycles. The van der Waals surface area contributed by atoms with E-state index in [1.54, 1.807) is 25.5 Å². The number of pyridine rings is 1. The summed E-state index contributed by atoms with van der Waals surface area (Å²) >= 11 is 5.35. The van der Waals surface area contributed by atoms with Crippen LogP contribution in [0.4, 0.5) is 5.00 Å². The third-order valence-corrected chi connectivity index (χ3v) is 4.76. The van der Waals surface area contributed by atoms with Gasteiger partial charge in [-0.15, -0.1) is 0 Å². The van der Waals surface area contributed by atoms with Crippen molar-refractivity contribution < 1.29 is 13.6 Å². The van der Waals surface area contributed by atoms with E-state index in [0.29, 0.717) is 10.0 Å². The highest BCUT2D eigenvalue weighted by Gasteiger charge is 2.19. The third-order valence-electron chi connectivity index (χ3n) is 2.65. The van der Waals surface area contributed by atoms with Gasteiger partial charge in [-0.1, -0.05) is 22.9 Å². The minimum atomic E-state index is -1.99. The molecule has 0 radical (unpaired) electrons. The Bertz CT molecular complexity index is 663. The fourth-order valence-corrected chi connectivity index (χ4v) is 3.22. The van der Waals surface area contributed by atoms with E-state index in [1.165, 1.54) is 16.2 Å². The number of nitrogens with zero attached hydrogens (tertiary/aromatic N) is 3. The van der Waals surface area contributed by atoms with Gasteiger partial charge in [0.2, 0.25) is 5.91 Å². The SMILES string of the molecule is CN(C(=O)CCS(=O)O)c1sc(-c2cccnc2)nc1Cl. The maximum Gasteiger partial charge on any atom is 0.228 e. The zero-order valence-corrected chi connectivity index (χ0v) is 13.4. The molecule has 0 aliphatic heterocycles. The lowest BCUT2D eigenvalue weighted by Crippen LogP contribution is -2.26. The minimum absolute atomic E-state index is 0.0317. The lowest BCUT2D eigenvalue weighted by atomic mass is 10.3. The molecule has 0 aliphatic rings. The third kappa shape index (κ3) is 4.07. The maximum absolute atomic E-state index is 11.9. The van der Waals surface area contributed by atoms with Crippen LogP contribution in [0.5, 0.6) is 0 Å². The summed E-state index contributed by atoms with van der Waals surface area (Å²) in [7, 11) is 1.56. The van der Waals surface area contributed by atoms with E-state index in [4.69, 9.17) is 16.2 Å². The fraction of sp³-hybridized carbons (Fsp3) is 0.250. The maximum atomic E-state index is 11.9. The molecule has 2 rings (SSSR count). The van der Waals surface area contributed by atoms with Crippen LogP contribution in [0.15, 0.2) is 24.5 Å². The topological polar surface area (TPSA) is 83.4 Å². The van der Waals surface area contributed by atoms with Gasteiger partial charge < -0.3 is 9.45 Å². The van der Waals surface area contributed by atoms with Crippen molar-refractivity contribution in [3.8, 4) is 10.6 Å². The Morgan fingerprint density at radius 1 is 1.57 bits per heavy atom. The number of aromatic nitrogens is 2. The molecular weight excluding hydrogens is 334 g/mol. The van der Waals surface area contributed by atoms with Crippen molar-refractivity contribution in [3.63, 3.8) is 0 Å². The van der Waals surface area contributed by atoms with Crippen LogP contribution in [-0.2, 0) is 15.9 Å². The zero-order valence-electron chi connectivity index (χ0n) is 11.0. The molecule has 1 amide bonds. The highest BCUT2D eigenvalue weighted by atomic mass is 35.5. The molecule has 0 saturated heterocycles. The summed E-state index contributed by atoms with van der Waals surface area (Å²) in [5.74, 6) is -0.393. The second kappa shape index (κ2) is 7.08. The van der Waals surface area contributed by atoms with Gasteiger partial charge in [0, 0.05) is 31.4 Å². The van der Waals surface area contributed by atoms with Crippen molar-refractivity contribution in [2.45, 2.75) is 6.42 Å². The molecule has 9 heteroatoms. The summed E-state index contributed by atoms with van der Waals surface area (Å²) in [6.07, 6.45) is 3.29. The Kier molecular flexibility index (Phi) is 5.40. The number of thiazole rings is 1.